The summed E-state index contributed by atoms with van der Waals surface area (Å²) in [4.78, 5) is 29.9. The number of hydrogen-bond donors (Lipinski definition) is 1. The van der Waals surface area contributed by atoms with Crippen LogP contribution in [0.1, 0.15) is 20.8 Å². The number of benzene rings is 2. The first-order chi connectivity index (χ1) is 12.4. The van der Waals surface area contributed by atoms with Crippen molar-refractivity contribution >= 4 is 34.1 Å². The molecule has 26 heavy (non-hydrogen) atoms. The van der Waals surface area contributed by atoms with Crippen LogP contribution in [0.5, 0.6) is 0 Å². The summed E-state index contributed by atoms with van der Waals surface area (Å²) in [6.45, 7) is 5.66. The summed E-state index contributed by atoms with van der Waals surface area (Å²) in [6.07, 6.45) is 0. The Morgan fingerprint density at radius 3 is 2.42 bits per heavy atom. The number of carbonyl (C=O) groups is 1. The molecule has 2 aromatic carbocycles. The quantitative estimate of drug-likeness (QED) is 0.546. The van der Waals surface area contributed by atoms with Crippen molar-refractivity contribution in [2.45, 2.75) is 25.9 Å². The van der Waals surface area contributed by atoms with Crippen LogP contribution in [0.25, 0.3) is 10.9 Å². The first-order valence-electron chi connectivity index (χ1n) is 8.36. The van der Waals surface area contributed by atoms with Crippen LogP contribution >= 0.6 is 11.8 Å². The number of Topliss-reactive ketones (excluding diaryl/α,β-unsaturated/α-hetero) is 1. The zero-order valence-corrected chi connectivity index (χ0v) is 15.8. The first-order valence-corrected chi connectivity index (χ1v) is 9.35. The summed E-state index contributed by atoms with van der Waals surface area (Å²) in [5, 5.41) is 0.998. The molecule has 1 N–H and O–H groups in total. The number of nitrogens with zero attached hydrogens (tertiary/aromatic N) is 2. The Balaban J connectivity index is 2.03. The first kappa shape index (κ1) is 18.2. The summed E-state index contributed by atoms with van der Waals surface area (Å²) in [5.41, 5.74) is 3.88. The SMILES string of the molecule is CC(C)(C)C(=O)CSc1nc2ccccc2c(=O)n1Nc1ccccc1. The molecule has 3 rings (SSSR count). The smallest absolute Gasteiger partial charge is 0.280 e. The van der Waals surface area contributed by atoms with Gasteiger partial charge in [0, 0.05) is 5.41 Å². The highest BCUT2D eigenvalue weighted by Crippen LogP contribution is 2.23. The fourth-order valence-electron chi connectivity index (χ4n) is 2.30. The Hall–Kier alpha value is -2.60. The van der Waals surface area contributed by atoms with Crippen LogP contribution in [0.15, 0.2) is 64.5 Å². The molecule has 0 saturated heterocycles. The maximum atomic E-state index is 13.0. The van der Waals surface area contributed by atoms with Gasteiger partial charge in [-0.15, -0.1) is 0 Å². The van der Waals surface area contributed by atoms with Gasteiger partial charge in [0.25, 0.3) is 5.56 Å². The van der Waals surface area contributed by atoms with Crippen molar-refractivity contribution in [3.05, 3.63) is 65.0 Å². The molecule has 0 aliphatic carbocycles. The Kier molecular flexibility index (Phi) is 5.13. The van der Waals surface area contributed by atoms with E-state index >= 15 is 0 Å². The fraction of sp³-hybridized carbons (Fsp3) is 0.250. The minimum Gasteiger partial charge on any atom is -0.298 e. The molecule has 0 radical (unpaired) electrons. The van der Waals surface area contributed by atoms with Gasteiger partial charge in [-0.05, 0) is 24.3 Å². The molecular formula is C20H21N3O2S. The Morgan fingerprint density at radius 2 is 1.73 bits per heavy atom. The normalized spacial score (nSPS) is 11.5. The van der Waals surface area contributed by atoms with Crippen molar-refractivity contribution in [2.75, 3.05) is 11.2 Å². The number of thioether (sulfide) groups is 1. The third-order valence-electron chi connectivity index (χ3n) is 3.93. The van der Waals surface area contributed by atoms with Crippen LogP contribution in [-0.4, -0.2) is 21.2 Å². The van der Waals surface area contributed by atoms with E-state index in [-0.39, 0.29) is 17.1 Å². The second kappa shape index (κ2) is 7.33. The number of nitrogens with one attached hydrogen (secondary N) is 1. The zero-order valence-electron chi connectivity index (χ0n) is 15.0. The molecular weight excluding hydrogens is 346 g/mol. The average Bonchev–Trinajstić information content (AvgIpc) is 2.62. The fourth-order valence-corrected chi connectivity index (χ4v) is 3.41. The highest BCUT2D eigenvalue weighted by atomic mass is 32.2. The largest absolute Gasteiger partial charge is 0.298 e. The van der Waals surface area contributed by atoms with Crippen molar-refractivity contribution in [3.63, 3.8) is 0 Å². The van der Waals surface area contributed by atoms with Crippen LogP contribution < -0.4 is 11.0 Å². The number of rotatable bonds is 5. The van der Waals surface area contributed by atoms with E-state index in [0.29, 0.717) is 16.1 Å². The summed E-state index contributed by atoms with van der Waals surface area (Å²) in [7, 11) is 0. The molecule has 5 nitrogen and oxygen atoms in total. The van der Waals surface area contributed by atoms with E-state index in [0.717, 1.165) is 5.69 Å². The van der Waals surface area contributed by atoms with Gasteiger partial charge in [-0.25, -0.2) is 4.98 Å². The molecule has 0 amide bonds. The maximum absolute atomic E-state index is 13.0. The number of aromatic nitrogens is 2. The lowest BCUT2D eigenvalue weighted by molar-refractivity contribution is -0.123. The molecule has 1 heterocycles. The summed E-state index contributed by atoms with van der Waals surface area (Å²) in [5.74, 6) is 0.362. The lowest BCUT2D eigenvalue weighted by Crippen LogP contribution is -2.30. The lowest BCUT2D eigenvalue weighted by Gasteiger charge is -2.18. The highest BCUT2D eigenvalue weighted by Gasteiger charge is 2.22. The van der Waals surface area contributed by atoms with Crippen LogP contribution in [0.3, 0.4) is 0 Å². The van der Waals surface area contributed by atoms with E-state index in [1.165, 1.54) is 16.4 Å². The Labute approximate surface area is 156 Å². The second-order valence-electron chi connectivity index (χ2n) is 6.99. The van der Waals surface area contributed by atoms with Crippen molar-refractivity contribution in [2.24, 2.45) is 5.41 Å². The number of carbonyl (C=O) groups excluding carboxylic acids is 1. The van der Waals surface area contributed by atoms with Crippen LogP contribution in [0.4, 0.5) is 5.69 Å². The van der Waals surface area contributed by atoms with Gasteiger partial charge >= 0.3 is 0 Å². The molecule has 0 spiro atoms. The topological polar surface area (TPSA) is 64.0 Å². The van der Waals surface area contributed by atoms with Crippen molar-refractivity contribution < 1.29 is 4.79 Å². The zero-order chi connectivity index (χ0) is 18.7. The molecule has 0 unspecified atom stereocenters. The summed E-state index contributed by atoms with van der Waals surface area (Å²) in [6, 6.07) is 16.6. The number of para-hydroxylation sites is 2. The van der Waals surface area contributed by atoms with E-state index in [4.69, 9.17) is 0 Å². The van der Waals surface area contributed by atoms with Crippen molar-refractivity contribution in [1.82, 2.24) is 9.66 Å². The predicted molar refractivity (Wildman–Crippen MR) is 107 cm³/mol. The third-order valence-corrected chi connectivity index (χ3v) is 4.87. The maximum Gasteiger partial charge on any atom is 0.280 e. The predicted octanol–water partition coefficient (Wildman–Crippen LogP) is 3.98. The van der Waals surface area contributed by atoms with Gasteiger partial charge in [-0.1, -0.05) is 62.9 Å². The van der Waals surface area contributed by atoms with Gasteiger partial charge in [0.1, 0.15) is 5.78 Å². The molecule has 0 saturated carbocycles. The van der Waals surface area contributed by atoms with Crippen LogP contribution in [0, 0.1) is 5.41 Å². The molecule has 0 aliphatic heterocycles. The van der Waals surface area contributed by atoms with Gasteiger partial charge in [-0.3, -0.25) is 15.0 Å². The summed E-state index contributed by atoms with van der Waals surface area (Å²) >= 11 is 1.27. The molecule has 1 aromatic heterocycles. The van der Waals surface area contributed by atoms with E-state index in [1.54, 1.807) is 12.1 Å². The third kappa shape index (κ3) is 3.96. The highest BCUT2D eigenvalue weighted by molar-refractivity contribution is 7.99. The van der Waals surface area contributed by atoms with E-state index < -0.39 is 5.41 Å². The minimum absolute atomic E-state index is 0.108. The van der Waals surface area contributed by atoms with Gasteiger partial charge in [-0.2, -0.15) is 4.68 Å². The van der Waals surface area contributed by atoms with Gasteiger partial charge in [0.2, 0.25) is 0 Å². The Morgan fingerprint density at radius 1 is 1.08 bits per heavy atom. The number of hydrogen-bond acceptors (Lipinski definition) is 5. The number of fused-ring (bicyclic) bond motifs is 1. The number of anilines is 1. The molecule has 0 atom stereocenters. The van der Waals surface area contributed by atoms with E-state index in [2.05, 4.69) is 10.4 Å². The van der Waals surface area contributed by atoms with Crippen molar-refractivity contribution in [3.8, 4) is 0 Å². The average molecular weight is 367 g/mol. The van der Waals surface area contributed by atoms with E-state index in [1.807, 2.05) is 63.2 Å². The monoisotopic (exact) mass is 367 g/mol. The molecule has 0 fully saturated rings. The molecule has 6 heteroatoms. The summed E-state index contributed by atoms with van der Waals surface area (Å²) < 4.78 is 1.41. The van der Waals surface area contributed by atoms with Crippen molar-refractivity contribution in [1.29, 1.82) is 0 Å². The molecule has 134 valence electrons. The van der Waals surface area contributed by atoms with Gasteiger partial charge in [0.05, 0.1) is 22.3 Å². The number of ketones is 1. The molecule has 0 aliphatic rings. The second-order valence-corrected chi connectivity index (χ2v) is 7.93. The van der Waals surface area contributed by atoms with Gasteiger partial charge < -0.3 is 0 Å². The Bertz CT molecular complexity index is 991. The molecule has 0 bridgehead atoms. The molecule has 3 aromatic rings. The minimum atomic E-state index is -0.429. The standard InChI is InChI=1S/C20H21N3O2S/c1-20(2,3)17(24)13-26-19-21-16-12-8-7-11-15(16)18(25)23(19)22-14-9-5-4-6-10-14/h4-12,22H,13H2,1-3H3. The van der Waals surface area contributed by atoms with Gasteiger partial charge in [0.15, 0.2) is 5.16 Å². The van der Waals surface area contributed by atoms with Crippen LogP contribution in [0.2, 0.25) is 0 Å². The van der Waals surface area contributed by atoms with Crippen LogP contribution in [-0.2, 0) is 4.79 Å². The lowest BCUT2D eigenvalue weighted by atomic mass is 9.92. The van der Waals surface area contributed by atoms with E-state index in [9.17, 15) is 9.59 Å².